The van der Waals surface area contributed by atoms with E-state index < -0.39 is 32.7 Å². The van der Waals surface area contributed by atoms with E-state index in [2.05, 4.69) is 0 Å². The zero-order valence-corrected chi connectivity index (χ0v) is 8.94. The molecule has 1 aromatic carbocycles. The van der Waals surface area contributed by atoms with Gasteiger partial charge in [0.2, 0.25) is 0 Å². The summed E-state index contributed by atoms with van der Waals surface area (Å²) in [5, 5.41) is 21.2. The molecule has 0 saturated heterocycles. The number of halogens is 2. The minimum atomic E-state index is -3.37. The van der Waals surface area contributed by atoms with Gasteiger partial charge in [-0.3, -0.25) is 20.2 Å². The van der Waals surface area contributed by atoms with E-state index in [0.29, 0.717) is 19.1 Å². The Morgan fingerprint density at radius 3 is 1.71 bits per heavy atom. The van der Waals surface area contributed by atoms with Crippen molar-refractivity contribution in [2.75, 3.05) is 0 Å². The summed E-state index contributed by atoms with van der Waals surface area (Å²) in [4.78, 5) is 19.4. The Hall–Kier alpha value is -2.12. The molecule has 0 aliphatic carbocycles. The van der Waals surface area contributed by atoms with Crippen LogP contribution >= 0.6 is 0 Å². The van der Waals surface area contributed by atoms with E-state index in [1.54, 1.807) is 0 Å². The summed E-state index contributed by atoms with van der Waals surface area (Å²) in [5.74, 6) is -3.37. The number of rotatable bonds is 3. The Balaban J connectivity index is 3.59. The molecule has 17 heavy (non-hydrogen) atoms. The van der Waals surface area contributed by atoms with Crippen molar-refractivity contribution in [3.8, 4) is 0 Å². The van der Waals surface area contributed by atoms with Gasteiger partial charge in [0.1, 0.15) is 5.56 Å². The van der Waals surface area contributed by atoms with Gasteiger partial charge in [0, 0.05) is 24.6 Å². The molecule has 0 amide bonds. The second kappa shape index (κ2) is 4.04. The molecular formula is C9H8F2N2O4. The first kappa shape index (κ1) is 12.9. The Kier molecular flexibility index (Phi) is 3.08. The van der Waals surface area contributed by atoms with Crippen LogP contribution in [0.15, 0.2) is 12.1 Å². The van der Waals surface area contributed by atoms with Crippen LogP contribution in [-0.2, 0) is 5.92 Å². The van der Waals surface area contributed by atoms with Crippen molar-refractivity contribution < 1.29 is 18.6 Å². The van der Waals surface area contributed by atoms with E-state index in [4.69, 9.17) is 0 Å². The molecule has 0 heterocycles. The summed E-state index contributed by atoms with van der Waals surface area (Å²) in [6, 6.07) is 1.31. The molecule has 0 spiro atoms. The maximum Gasteiger partial charge on any atom is 0.279 e. The van der Waals surface area contributed by atoms with Gasteiger partial charge < -0.3 is 0 Å². The Morgan fingerprint density at radius 1 is 1.12 bits per heavy atom. The fraction of sp³-hybridized carbons (Fsp3) is 0.333. The van der Waals surface area contributed by atoms with E-state index in [1.807, 2.05) is 0 Å². The third-order valence-corrected chi connectivity index (χ3v) is 2.25. The second-order valence-electron chi connectivity index (χ2n) is 3.54. The molecular weight excluding hydrogens is 238 g/mol. The van der Waals surface area contributed by atoms with E-state index >= 15 is 0 Å². The zero-order valence-electron chi connectivity index (χ0n) is 8.94. The van der Waals surface area contributed by atoms with Gasteiger partial charge in [-0.25, -0.2) is 8.78 Å². The largest absolute Gasteiger partial charge is 0.279 e. The van der Waals surface area contributed by atoms with Crippen LogP contribution in [0.3, 0.4) is 0 Å². The normalized spacial score (nSPS) is 11.3. The average molecular weight is 246 g/mol. The molecule has 1 aromatic rings. The highest BCUT2D eigenvalue weighted by atomic mass is 19.3. The van der Waals surface area contributed by atoms with Crippen LogP contribution < -0.4 is 0 Å². The maximum atomic E-state index is 13.0. The summed E-state index contributed by atoms with van der Waals surface area (Å²) in [6.45, 7) is 1.67. The molecule has 0 radical (unpaired) electrons. The smallest absolute Gasteiger partial charge is 0.258 e. The molecule has 1 rings (SSSR count). The Morgan fingerprint density at radius 2 is 1.47 bits per heavy atom. The van der Waals surface area contributed by atoms with Crippen LogP contribution in [-0.4, -0.2) is 9.85 Å². The van der Waals surface area contributed by atoms with Gasteiger partial charge in [-0.1, -0.05) is 0 Å². The van der Waals surface area contributed by atoms with Crippen molar-refractivity contribution in [2.24, 2.45) is 0 Å². The fourth-order valence-electron chi connectivity index (χ4n) is 1.32. The monoisotopic (exact) mass is 246 g/mol. The van der Waals surface area contributed by atoms with E-state index in [-0.39, 0.29) is 5.56 Å². The topological polar surface area (TPSA) is 86.3 Å². The minimum absolute atomic E-state index is 0.243. The van der Waals surface area contributed by atoms with Gasteiger partial charge in [0.25, 0.3) is 17.3 Å². The second-order valence-corrected chi connectivity index (χ2v) is 3.54. The molecule has 0 bridgehead atoms. The molecule has 0 fully saturated rings. The van der Waals surface area contributed by atoms with Crippen molar-refractivity contribution in [3.05, 3.63) is 43.5 Å². The Labute approximate surface area is 94.2 Å². The first-order chi connectivity index (χ1) is 7.64. The quantitative estimate of drug-likeness (QED) is 0.606. The van der Waals surface area contributed by atoms with Crippen molar-refractivity contribution in [1.29, 1.82) is 0 Å². The molecule has 0 aromatic heterocycles. The van der Waals surface area contributed by atoms with Crippen LogP contribution in [0.2, 0.25) is 0 Å². The maximum absolute atomic E-state index is 13.0. The molecule has 0 saturated carbocycles. The number of nitro groups is 2. The summed E-state index contributed by atoms with van der Waals surface area (Å²) >= 11 is 0. The molecule has 6 nitrogen and oxygen atoms in total. The molecule has 0 aliphatic heterocycles. The van der Waals surface area contributed by atoms with Gasteiger partial charge in [0.05, 0.1) is 9.85 Å². The molecule has 92 valence electrons. The summed E-state index contributed by atoms with van der Waals surface area (Å²) in [6.07, 6.45) is 0. The summed E-state index contributed by atoms with van der Waals surface area (Å²) in [5.41, 5.74) is -2.36. The molecule has 8 heteroatoms. The predicted octanol–water partition coefficient (Wildman–Crippen LogP) is 2.92. The minimum Gasteiger partial charge on any atom is -0.258 e. The first-order valence-corrected chi connectivity index (χ1v) is 4.46. The highest BCUT2D eigenvalue weighted by molar-refractivity contribution is 5.56. The number of hydrogen-bond acceptors (Lipinski definition) is 4. The lowest BCUT2D eigenvalue weighted by molar-refractivity contribution is -0.395. The molecule has 0 atom stereocenters. The zero-order chi connectivity index (χ0) is 13.4. The standard InChI is InChI=1S/C9H8F2N2O4/c1-5-7(12(14)15)3-6(9(2,10)11)4-8(5)13(16)17/h3-4H,1-2H3. The molecule has 0 N–H and O–H groups in total. The first-order valence-electron chi connectivity index (χ1n) is 4.46. The third-order valence-electron chi connectivity index (χ3n) is 2.25. The SMILES string of the molecule is Cc1c([N+](=O)[O-])cc(C(C)(F)F)cc1[N+](=O)[O-]. The Bertz CT molecular complexity index is 461. The van der Waals surface area contributed by atoms with Crippen LogP contribution in [0.5, 0.6) is 0 Å². The summed E-state index contributed by atoms with van der Waals surface area (Å²) < 4.78 is 26.1. The number of nitrogens with zero attached hydrogens (tertiary/aromatic N) is 2. The number of nitro benzene ring substituents is 2. The highest BCUT2D eigenvalue weighted by Crippen LogP contribution is 2.36. The van der Waals surface area contributed by atoms with E-state index in [9.17, 15) is 29.0 Å². The lowest BCUT2D eigenvalue weighted by atomic mass is 10.0. The van der Waals surface area contributed by atoms with Crippen molar-refractivity contribution in [2.45, 2.75) is 19.8 Å². The van der Waals surface area contributed by atoms with Crippen molar-refractivity contribution in [3.63, 3.8) is 0 Å². The van der Waals surface area contributed by atoms with Crippen molar-refractivity contribution in [1.82, 2.24) is 0 Å². The molecule has 0 aliphatic rings. The van der Waals surface area contributed by atoms with E-state index in [1.165, 1.54) is 0 Å². The third kappa shape index (κ3) is 2.52. The van der Waals surface area contributed by atoms with Gasteiger partial charge in [-0.15, -0.1) is 0 Å². The predicted molar refractivity (Wildman–Crippen MR) is 54.1 cm³/mol. The van der Waals surface area contributed by atoms with Crippen LogP contribution in [0, 0.1) is 27.2 Å². The van der Waals surface area contributed by atoms with Gasteiger partial charge >= 0.3 is 0 Å². The number of hydrogen-bond donors (Lipinski definition) is 0. The van der Waals surface area contributed by atoms with Crippen LogP contribution in [0.25, 0.3) is 0 Å². The fourth-order valence-corrected chi connectivity index (χ4v) is 1.32. The van der Waals surface area contributed by atoms with Crippen LogP contribution in [0.1, 0.15) is 18.1 Å². The van der Waals surface area contributed by atoms with Crippen molar-refractivity contribution >= 4 is 11.4 Å². The van der Waals surface area contributed by atoms with E-state index in [0.717, 1.165) is 6.92 Å². The number of benzene rings is 1. The lowest BCUT2D eigenvalue weighted by Crippen LogP contribution is -2.09. The van der Waals surface area contributed by atoms with Crippen LogP contribution in [0.4, 0.5) is 20.2 Å². The summed E-state index contributed by atoms with van der Waals surface area (Å²) in [7, 11) is 0. The molecule has 0 unspecified atom stereocenters. The van der Waals surface area contributed by atoms with Gasteiger partial charge in [-0.05, 0) is 6.92 Å². The van der Waals surface area contributed by atoms with Gasteiger partial charge in [0.15, 0.2) is 0 Å². The lowest BCUT2D eigenvalue weighted by Gasteiger charge is -2.11. The van der Waals surface area contributed by atoms with Gasteiger partial charge in [-0.2, -0.15) is 0 Å². The average Bonchev–Trinajstić information content (AvgIpc) is 2.14. The number of alkyl halides is 2. The highest BCUT2D eigenvalue weighted by Gasteiger charge is 2.32.